The third-order valence-corrected chi connectivity index (χ3v) is 4.93. The quantitative estimate of drug-likeness (QED) is 0.850. The molecule has 5 heteroatoms. The summed E-state index contributed by atoms with van der Waals surface area (Å²) in [4.78, 5) is 23.9. The zero-order valence-electron chi connectivity index (χ0n) is 12.0. The van der Waals surface area contributed by atoms with E-state index in [2.05, 4.69) is 5.32 Å². The topological polar surface area (TPSA) is 55.4 Å². The third-order valence-electron chi connectivity index (χ3n) is 4.00. The second-order valence-corrected chi connectivity index (χ2v) is 6.30. The number of methoxy groups -OCH3 is 1. The smallest absolute Gasteiger partial charge is 0.261 e. The summed E-state index contributed by atoms with van der Waals surface area (Å²) < 4.78 is 5.64. The molecule has 0 saturated heterocycles. The lowest BCUT2D eigenvalue weighted by molar-refractivity contribution is -0.0363. The van der Waals surface area contributed by atoms with E-state index in [-0.39, 0.29) is 17.3 Å². The number of thiophene rings is 1. The van der Waals surface area contributed by atoms with Crippen molar-refractivity contribution in [1.29, 1.82) is 0 Å². The number of hydrogen-bond acceptors (Lipinski definition) is 4. The second kappa shape index (κ2) is 6.50. The molecule has 1 aromatic heterocycles. The molecule has 0 radical (unpaired) electrons. The molecule has 0 bridgehead atoms. The van der Waals surface area contributed by atoms with Crippen molar-refractivity contribution in [1.82, 2.24) is 5.32 Å². The largest absolute Gasteiger partial charge is 0.376 e. The first kappa shape index (κ1) is 15.2. The van der Waals surface area contributed by atoms with Gasteiger partial charge in [-0.3, -0.25) is 9.59 Å². The summed E-state index contributed by atoms with van der Waals surface area (Å²) in [5.74, 6) is -0.134. The van der Waals surface area contributed by atoms with Crippen LogP contribution in [0.4, 0.5) is 0 Å². The molecule has 20 heavy (non-hydrogen) atoms. The van der Waals surface area contributed by atoms with Crippen molar-refractivity contribution in [2.24, 2.45) is 0 Å². The Hall–Kier alpha value is -1.20. The van der Waals surface area contributed by atoms with E-state index in [9.17, 15) is 9.59 Å². The molecule has 1 aliphatic carbocycles. The zero-order chi connectivity index (χ0) is 14.6. The molecule has 1 amide bonds. The van der Waals surface area contributed by atoms with Crippen LogP contribution in [0, 0.1) is 0 Å². The van der Waals surface area contributed by atoms with Crippen LogP contribution in [-0.2, 0) is 4.74 Å². The maximum absolute atomic E-state index is 12.1. The molecular formula is C15H21NO3S. The lowest BCUT2D eigenvalue weighted by Gasteiger charge is -2.36. The lowest BCUT2D eigenvalue weighted by Crippen LogP contribution is -2.45. The molecule has 0 aliphatic heterocycles. The standard InChI is InChI=1S/C15H21NO3S/c1-11(17)12-8-13(20-9-12)14(18)16-10-15(19-2)6-4-3-5-7-15/h8-9H,3-7,10H2,1-2H3,(H,16,18). The van der Waals surface area contributed by atoms with Crippen molar-refractivity contribution < 1.29 is 14.3 Å². The Morgan fingerprint density at radius 1 is 1.35 bits per heavy atom. The zero-order valence-corrected chi connectivity index (χ0v) is 12.8. The third kappa shape index (κ3) is 3.46. The number of hydrogen-bond donors (Lipinski definition) is 1. The fraction of sp³-hybridized carbons (Fsp3) is 0.600. The first-order valence-corrected chi connectivity index (χ1v) is 7.87. The molecule has 1 saturated carbocycles. The average Bonchev–Trinajstić information content (AvgIpc) is 2.96. The van der Waals surface area contributed by atoms with Crippen molar-refractivity contribution in [2.75, 3.05) is 13.7 Å². The summed E-state index contributed by atoms with van der Waals surface area (Å²) in [6, 6.07) is 1.66. The number of rotatable bonds is 5. The summed E-state index contributed by atoms with van der Waals surface area (Å²) in [7, 11) is 1.72. The highest BCUT2D eigenvalue weighted by Crippen LogP contribution is 2.30. The highest BCUT2D eigenvalue weighted by Gasteiger charge is 2.32. The van der Waals surface area contributed by atoms with Crippen molar-refractivity contribution in [3.8, 4) is 0 Å². The molecule has 1 aromatic rings. The van der Waals surface area contributed by atoms with Crippen molar-refractivity contribution in [2.45, 2.75) is 44.6 Å². The van der Waals surface area contributed by atoms with E-state index in [0.29, 0.717) is 17.0 Å². The molecule has 0 spiro atoms. The van der Waals surface area contributed by atoms with Gasteiger partial charge in [-0.2, -0.15) is 0 Å². The van der Waals surface area contributed by atoms with Gasteiger partial charge in [0.2, 0.25) is 0 Å². The summed E-state index contributed by atoms with van der Waals surface area (Å²) >= 11 is 1.31. The van der Waals surface area contributed by atoms with E-state index in [1.165, 1.54) is 24.7 Å². The van der Waals surface area contributed by atoms with Crippen LogP contribution in [0.2, 0.25) is 0 Å². The van der Waals surface area contributed by atoms with Gasteiger partial charge >= 0.3 is 0 Å². The van der Waals surface area contributed by atoms with Crippen LogP contribution in [0.25, 0.3) is 0 Å². The molecule has 2 rings (SSSR count). The number of nitrogens with one attached hydrogen (secondary N) is 1. The molecule has 0 atom stereocenters. The van der Waals surface area contributed by atoms with Crippen LogP contribution in [0.1, 0.15) is 59.1 Å². The Bertz CT molecular complexity index is 489. The number of carbonyl (C=O) groups is 2. The van der Waals surface area contributed by atoms with E-state index >= 15 is 0 Å². The SMILES string of the molecule is COC1(CNC(=O)c2cc(C(C)=O)cs2)CCCCC1. The van der Waals surface area contributed by atoms with Crippen LogP contribution < -0.4 is 5.32 Å². The fourth-order valence-electron chi connectivity index (χ4n) is 2.62. The van der Waals surface area contributed by atoms with Gasteiger partial charge in [0.15, 0.2) is 5.78 Å². The molecule has 1 fully saturated rings. The molecule has 1 aliphatic rings. The molecule has 0 unspecified atom stereocenters. The van der Waals surface area contributed by atoms with Crippen LogP contribution in [0.5, 0.6) is 0 Å². The highest BCUT2D eigenvalue weighted by molar-refractivity contribution is 7.12. The molecule has 1 N–H and O–H groups in total. The fourth-order valence-corrected chi connectivity index (χ4v) is 3.48. The van der Waals surface area contributed by atoms with E-state index in [1.807, 2.05) is 0 Å². The van der Waals surface area contributed by atoms with Crippen molar-refractivity contribution >= 4 is 23.0 Å². The van der Waals surface area contributed by atoms with Crippen molar-refractivity contribution in [3.63, 3.8) is 0 Å². The predicted octanol–water partition coefficient (Wildman–Crippen LogP) is 3.03. The number of ether oxygens (including phenoxy) is 1. The molecule has 4 nitrogen and oxygen atoms in total. The van der Waals surface area contributed by atoms with Gasteiger partial charge in [0.25, 0.3) is 5.91 Å². The molecule has 1 heterocycles. The lowest BCUT2D eigenvalue weighted by atomic mass is 9.84. The monoisotopic (exact) mass is 295 g/mol. The van der Waals surface area contributed by atoms with Crippen LogP contribution in [0.3, 0.4) is 0 Å². The van der Waals surface area contributed by atoms with Gasteiger partial charge in [-0.1, -0.05) is 19.3 Å². The number of amides is 1. The molecular weight excluding hydrogens is 274 g/mol. The van der Waals surface area contributed by atoms with Gasteiger partial charge in [0.05, 0.1) is 10.5 Å². The predicted molar refractivity (Wildman–Crippen MR) is 79.5 cm³/mol. The van der Waals surface area contributed by atoms with Gasteiger partial charge in [-0.15, -0.1) is 11.3 Å². The summed E-state index contributed by atoms with van der Waals surface area (Å²) in [6.45, 7) is 2.04. The van der Waals surface area contributed by atoms with Crippen LogP contribution >= 0.6 is 11.3 Å². The minimum Gasteiger partial charge on any atom is -0.376 e. The average molecular weight is 295 g/mol. The van der Waals surface area contributed by atoms with Gasteiger partial charge in [0, 0.05) is 24.6 Å². The first-order valence-electron chi connectivity index (χ1n) is 6.99. The first-order chi connectivity index (χ1) is 9.56. The van der Waals surface area contributed by atoms with E-state index in [0.717, 1.165) is 25.7 Å². The Labute approximate surface area is 123 Å². The van der Waals surface area contributed by atoms with Crippen molar-refractivity contribution in [3.05, 3.63) is 21.9 Å². The summed E-state index contributed by atoms with van der Waals surface area (Å²) in [5.41, 5.74) is 0.383. The van der Waals surface area contributed by atoms with Gasteiger partial charge in [-0.05, 0) is 25.8 Å². The van der Waals surface area contributed by atoms with Gasteiger partial charge < -0.3 is 10.1 Å². The highest BCUT2D eigenvalue weighted by atomic mass is 32.1. The Morgan fingerprint density at radius 2 is 2.05 bits per heavy atom. The van der Waals surface area contributed by atoms with E-state index < -0.39 is 0 Å². The summed E-state index contributed by atoms with van der Waals surface area (Å²) in [5, 5.41) is 4.67. The minimum atomic E-state index is -0.214. The maximum atomic E-state index is 12.1. The van der Waals surface area contributed by atoms with Gasteiger partial charge in [0.1, 0.15) is 0 Å². The van der Waals surface area contributed by atoms with E-state index in [4.69, 9.17) is 4.74 Å². The Kier molecular flexibility index (Phi) is 4.94. The number of ketones is 1. The normalized spacial score (nSPS) is 17.7. The summed E-state index contributed by atoms with van der Waals surface area (Å²) in [6.07, 6.45) is 5.53. The molecule has 110 valence electrons. The Morgan fingerprint density at radius 3 is 2.60 bits per heavy atom. The minimum absolute atomic E-state index is 0.0130. The van der Waals surface area contributed by atoms with Crippen LogP contribution in [0.15, 0.2) is 11.4 Å². The van der Waals surface area contributed by atoms with Gasteiger partial charge in [-0.25, -0.2) is 0 Å². The number of carbonyl (C=O) groups excluding carboxylic acids is 2. The Balaban J connectivity index is 1.95. The molecule has 0 aromatic carbocycles. The maximum Gasteiger partial charge on any atom is 0.261 e. The van der Waals surface area contributed by atoms with E-state index in [1.54, 1.807) is 18.6 Å². The number of Topliss-reactive ketones (excluding diaryl/α,β-unsaturated/α-hetero) is 1. The second-order valence-electron chi connectivity index (χ2n) is 5.39. The van der Waals surface area contributed by atoms with Crippen LogP contribution in [-0.4, -0.2) is 30.9 Å².